The largest absolute Gasteiger partial charge is 0.397 e. The third-order valence-electron chi connectivity index (χ3n) is 9.98. The first kappa shape index (κ1) is 35.0. The number of nitrogens with zero attached hydrogens (tertiary/aromatic N) is 2. The molecule has 0 aliphatic carbocycles. The Morgan fingerprint density at radius 1 is 0.796 bits per heavy atom. The molecule has 0 spiro atoms. The van der Waals surface area contributed by atoms with Gasteiger partial charge in [-0.3, -0.25) is 14.5 Å². The molecule has 3 aromatic rings. The number of likely N-dealkylation sites (tertiary alicyclic amines) is 2. The van der Waals surface area contributed by atoms with E-state index in [1.807, 2.05) is 60.7 Å². The fraction of sp³-hybridized carbons (Fsp3) is 0.487. The van der Waals surface area contributed by atoms with Crippen LogP contribution in [0.25, 0.3) is 0 Å². The third-order valence-corrected chi connectivity index (χ3v) is 9.98. The smallest absolute Gasteiger partial charge is 0.224 e. The van der Waals surface area contributed by atoms with Gasteiger partial charge in [0.15, 0.2) is 6.29 Å². The summed E-state index contributed by atoms with van der Waals surface area (Å²) >= 11 is 0. The number of carbonyl (C=O) groups excluding carboxylic acids is 2. The summed E-state index contributed by atoms with van der Waals surface area (Å²) in [4.78, 5) is 30.2. The number of nitrogens with two attached hydrogens (primary N) is 1. The molecule has 10 heteroatoms. The molecule has 0 saturated carbocycles. The topological polar surface area (TPSA) is 129 Å². The Bertz CT molecular complexity index is 1510. The third kappa shape index (κ3) is 9.89. The Kier molecular flexibility index (Phi) is 12.3. The average Bonchev–Trinajstić information content (AvgIpc) is 3.80. The molecule has 4 atom stereocenters. The number of aliphatic hydroxyl groups is 1. The molecule has 0 radical (unpaired) electrons. The van der Waals surface area contributed by atoms with Crippen molar-refractivity contribution < 1.29 is 24.2 Å². The van der Waals surface area contributed by atoms with Gasteiger partial charge in [-0.1, -0.05) is 48.5 Å². The molecule has 262 valence electrons. The summed E-state index contributed by atoms with van der Waals surface area (Å²) in [6, 6.07) is 23.4. The quantitative estimate of drug-likeness (QED) is 0.122. The lowest BCUT2D eigenvalue weighted by atomic mass is 9.99. The minimum absolute atomic E-state index is 0.00644. The van der Waals surface area contributed by atoms with E-state index in [0.29, 0.717) is 48.8 Å². The van der Waals surface area contributed by atoms with E-state index in [9.17, 15) is 14.7 Å². The molecule has 10 nitrogen and oxygen atoms in total. The van der Waals surface area contributed by atoms with Crippen LogP contribution in [0, 0.1) is 0 Å². The van der Waals surface area contributed by atoms with E-state index < -0.39 is 6.29 Å². The maximum Gasteiger partial charge on any atom is 0.224 e. The van der Waals surface area contributed by atoms with Gasteiger partial charge in [0.05, 0.1) is 30.2 Å². The van der Waals surface area contributed by atoms with Crippen molar-refractivity contribution >= 4 is 28.9 Å². The molecule has 3 fully saturated rings. The monoisotopic (exact) mass is 669 g/mol. The van der Waals surface area contributed by atoms with Gasteiger partial charge in [0, 0.05) is 49.6 Å². The summed E-state index contributed by atoms with van der Waals surface area (Å²) in [5, 5.41) is 15.4. The molecular formula is C39H51N5O5. The molecular weight excluding hydrogens is 618 g/mol. The predicted octanol–water partition coefficient (Wildman–Crippen LogP) is 6.00. The minimum Gasteiger partial charge on any atom is -0.397 e. The molecule has 6 rings (SSSR count). The lowest BCUT2D eigenvalue weighted by molar-refractivity contribution is -0.253. The van der Waals surface area contributed by atoms with Gasteiger partial charge in [-0.05, 0) is 93.6 Å². The van der Waals surface area contributed by atoms with Crippen LogP contribution in [-0.2, 0) is 25.7 Å². The van der Waals surface area contributed by atoms with Crippen molar-refractivity contribution in [2.75, 3.05) is 49.1 Å². The normalized spacial score (nSPS) is 23.0. The summed E-state index contributed by atoms with van der Waals surface area (Å²) in [6.07, 6.45) is 7.02. The molecule has 3 aromatic carbocycles. The zero-order chi connectivity index (χ0) is 34.0. The number of amides is 2. The molecule has 5 N–H and O–H groups in total. The van der Waals surface area contributed by atoms with Gasteiger partial charge < -0.3 is 35.8 Å². The van der Waals surface area contributed by atoms with Crippen LogP contribution in [0.2, 0.25) is 0 Å². The zero-order valence-electron chi connectivity index (χ0n) is 28.4. The molecule has 0 unspecified atom stereocenters. The molecule has 3 heterocycles. The van der Waals surface area contributed by atoms with Gasteiger partial charge in [0.1, 0.15) is 0 Å². The molecule has 3 saturated heterocycles. The maximum atomic E-state index is 12.7. The number of hydrogen-bond acceptors (Lipinski definition) is 8. The molecule has 2 amide bonds. The number of benzene rings is 3. The van der Waals surface area contributed by atoms with Gasteiger partial charge in [0.2, 0.25) is 11.8 Å². The number of para-hydroxylation sites is 2. The van der Waals surface area contributed by atoms with E-state index in [1.165, 1.54) is 38.8 Å². The molecule has 3 aliphatic heterocycles. The number of ether oxygens (including phenoxy) is 2. The van der Waals surface area contributed by atoms with Gasteiger partial charge in [-0.25, -0.2) is 0 Å². The standard InChI is InChI=1S/C39H51N5O5/c40-34-9-1-2-10-35(34)42-38(47)12-4-3-11-37(46)41-31-19-17-30(18-20-31)39-48-33(24-36(49-39)29-15-13-28(27-45)14-16-29)26-44-23-7-8-32(44)25-43-21-5-6-22-43/h1-2,9-10,13-20,32-33,36,39,45H,3-8,11-12,21-27,40H2,(H,41,46)(H,42,47)/t32-,33-,36+,39+/m0/s1. The van der Waals surface area contributed by atoms with Crippen molar-refractivity contribution in [3.8, 4) is 0 Å². The molecule has 49 heavy (non-hydrogen) atoms. The minimum atomic E-state index is -0.539. The van der Waals surface area contributed by atoms with Crippen molar-refractivity contribution in [3.05, 3.63) is 89.5 Å². The fourth-order valence-electron chi connectivity index (χ4n) is 7.24. The summed E-state index contributed by atoms with van der Waals surface area (Å²) in [5.41, 5.74) is 10.6. The van der Waals surface area contributed by atoms with Gasteiger partial charge in [0.25, 0.3) is 0 Å². The highest BCUT2D eigenvalue weighted by Crippen LogP contribution is 2.39. The van der Waals surface area contributed by atoms with Gasteiger partial charge in [-0.2, -0.15) is 0 Å². The van der Waals surface area contributed by atoms with Crippen LogP contribution in [0.3, 0.4) is 0 Å². The van der Waals surface area contributed by atoms with E-state index in [0.717, 1.165) is 42.7 Å². The van der Waals surface area contributed by atoms with Crippen molar-refractivity contribution in [2.24, 2.45) is 0 Å². The van der Waals surface area contributed by atoms with E-state index in [1.54, 1.807) is 12.1 Å². The van der Waals surface area contributed by atoms with Crippen molar-refractivity contribution in [1.82, 2.24) is 9.80 Å². The second-order valence-electron chi connectivity index (χ2n) is 13.7. The van der Waals surface area contributed by atoms with E-state index in [4.69, 9.17) is 15.2 Å². The van der Waals surface area contributed by atoms with Crippen LogP contribution >= 0.6 is 0 Å². The number of unbranched alkanes of at least 4 members (excludes halogenated alkanes) is 1. The highest BCUT2D eigenvalue weighted by molar-refractivity contribution is 5.94. The van der Waals surface area contributed by atoms with Crippen LogP contribution in [0.15, 0.2) is 72.8 Å². The Labute approximate surface area is 289 Å². The lowest BCUT2D eigenvalue weighted by Crippen LogP contribution is -2.45. The number of nitrogen functional groups attached to an aromatic ring is 1. The van der Waals surface area contributed by atoms with Gasteiger partial charge in [-0.15, -0.1) is 0 Å². The number of hydrogen-bond donors (Lipinski definition) is 4. The van der Waals surface area contributed by atoms with E-state index in [-0.39, 0.29) is 30.6 Å². The van der Waals surface area contributed by atoms with Crippen LogP contribution in [-0.4, -0.2) is 71.6 Å². The van der Waals surface area contributed by atoms with Crippen LogP contribution in [0.4, 0.5) is 17.1 Å². The highest BCUT2D eigenvalue weighted by Gasteiger charge is 2.36. The molecule has 0 aromatic heterocycles. The van der Waals surface area contributed by atoms with Crippen LogP contribution < -0.4 is 16.4 Å². The Hall–Kier alpha value is -3.80. The van der Waals surface area contributed by atoms with E-state index >= 15 is 0 Å². The number of nitrogens with one attached hydrogen (secondary N) is 2. The molecule has 0 bridgehead atoms. The number of aliphatic hydroxyl groups excluding tert-OH is 1. The first-order valence-corrected chi connectivity index (χ1v) is 17.9. The fourth-order valence-corrected chi connectivity index (χ4v) is 7.24. The molecule has 3 aliphatic rings. The lowest BCUT2D eigenvalue weighted by Gasteiger charge is -2.39. The van der Waals surface area contributed by atoms with E-state index in [2.05, 4.69) is 20.4 Å². The summed E-state index contributed by atoms with van der Waals surface area (Å²) in [6.45, 7) is 5.56. The second kappa shape index (κ2) is 17.2. The second-order valence-corrected chi connectivity index (χ2v) is 13.7. The average molecular weight is 670 g/mol. The van der Waals surface area contributed by atoms with Crippen LogP contribution in [0.5, 0.6) is 0 Å². The first-order valence-electron chi connectivity index (χ1n) is 17.9. The number of carbonyl (C=O) groups is 2. The Balaban J connectivity index is 1.03. The highest BCUT2D eigenvalue weighted by atomic mass is 16.7. The summed E-state index contributed by atoms with van der Waals surface area (Å²) < 4.78 is 13.2. The summed E-state index contributed by atoms with van der Waals surface area (Å²) in [7, 11) is 0. The SMILES string of the molecule is Nc1ccccc1NC(=O)CCCCC(=O)Nc1ccc([C@@H]2O[C@H](CN3CCC[C@H]3CN3CCCC3)C[C@H](c3ccc(CO)cc3)O2)cc1. The zero-order valence-corrected chi connectivity index (χ0v) is 28.4. The van der Waals surface area contributed by atoms with Crippen molar-refractivity contribution in [3.63, 3.8) is 0 Å². The van der Waals surface area contributed by atoms with Crippen molar-refractivity contribution in [2.45, 2.75) is 88.9 Å². The number of anilines is 3. The van der Waals surface area contributed by atoms with Crippen molar-refractivity contribution in [1.29, 1.82) is 0 Å². The Morgan fingerprint density at radius 2 is 1.49 bits per heavy atom. The summed E-state index contributed by atoms with van der Waals surface area (Å²) in [5.74, 6) is -0.207. The number of rotatable bonds is 14. The Morgan fingerprint density at radius 3 is 2.20 bits per heavy atom. The maximum absolute atomic E-state index is 12.7. The predicted molar refractivity (Wildman–Crippen MR) is 192 cm³/mol. The van der Waals surface area contributed by atoms with Crippen LogP contribution in [0.1, 0.15) is 86.9 Å². The first-order chi connectivity index (χ1) is 23.9. The van der Waals surface area contributed by atoms with Gasteiger partial charge >= 0.3 is 0 Å².